The monoisotopic (exact) mass is 297 g/mol. The predicted octanol–water partition coefficient (Wildman–Crippen LogP) is 1.43. The van der Waals surface area contributed by atoms with Crippen molar-refractivity contribution in [2.75, 3.05) is 7.11 Å². The van der Waals surface area contributed by atoms with Crippen LogP contribution in [0.4, 0.5) is 0 Å². The fourth-order valence-electron chi connectivity index (χ4n) is 1.92. The lowest BCUT2D eigenvalue weighted by atomic mass is 10.2. The molecular weight excluding hydrogens is 286 g/mol. The molecule has 0 saturated heterocycles. The largest absolute Gasteiger partial charge is 0.481 e. The van der Waals surface area contributed by atoms with E-state index in [2.05, 4.69) is 20.3 Å². The SMILES string of the molecule is COc1ccc(-n2nc(C(=O)O)cc2-c2cccnn2)cn1. The Bertz CT molecular complexity index is 799. The van der Waals surface area contributed by atoms with E-state index in [4.69, 9.17) is 9.84 Å². The number of aromatic carboxylic acids is 1. The molecule has 0 aliphatic carbocycles. The average Bonchev–Trinajstić information content (AvgIpc) is 3.01. The molecule has 0 bridgehead atoms. The smallest absolute Gasteiger partial charge is 0.356 e. The second kappa shape index (κ2) is 5.60. The van der Waals surface area contributed by atoms with Gasteiger partial charge in [0.2, 0.25) is 5.88 Å². The highest BCUT2D eigenvalue weighted by Gasteiger charge is 2.17. The van der Waals surface area contributed by atoms with Crippen LogP contribution in [0.25, 0.3) is 17.1 Å². The van der Waals surface area contributed by atoms with Gasteiger partial charge in [0, 0.05) is 18.3 Å². The molecule has 0 atom stereocenters. The molecule has 0 amide bonds. The lowest BCUT2D eigenvalue weighted by Gasteiger charge is -2.06. The summed E-state index contributed by atoms with van der Waals surface area (Å²) in [4.78, 5) is 15.3. The van der Waals surface area contributed by atoms with Crippen molar-refractivity contribution < 1.29 is 14.6 Å². The van der Waals surface area contributed by atoms with Gasteiger partial charge in [-0.1, -0.05) is 0 Å². The van der Waals surface area contributed by atoms with Crippen molar-refractivity contribution in [2.45, 2.75) is 0 Å². The number of nitrogens with zero attached hydrogens (tertiary/aromatic N) is 5. The second-order valence-corrected chi connectivity index (χ2v) is 4.30. The Hall–Kier alpha value is -3.29. The molecule has 3 rings (SSSR count). The Morgan fingerprint density at radius 2 is 2.18 bits per heavy atom. The van der Waals surface area contributed by atoms with Crippen LogP contribution in [-0.4, -0.2) is 43.1 Å². The van der Waals surface area contributed by atoms with E-state index in [0.717, 1.165) is 0 Å². The fraction of sp³-hybridized carbons (Fsp3) is 0.0714. The van der Waals surface area contributed by atoms with Crippen LogP contribution in [0.15, 0.2) is 42.7 Å². The zero-order valence-electron chi connectivity index (χ0n) is 11.5. The van der Waals surface area contributed by atoms with Crippen LogP contribution >= 0.6 is 0 Å². The topological polar surface area (TPSA) is 103 Å². The molecule has 0 aliphatic heterocycles. The first kappa shape index (κ1) is 13.7. The zero-order chi connectivity index (χ0) is 15.5. The molecule has 0 spiro atoms. The van der Waals surface area contributed by atoms with E-state index in [-0.39, 0.29) is 5.69 Å². The van der Waals surface area contributed by atoms with Crippen molar-refractivity contribution in [3.63, 3.8) is 0 Å². The first-order valence-corrected chi connectivity index (χ1v) is 6.31. The van der Waals surface area contributed by atoms with E-state index in [0.29, 0.717) is 23.0 Å². The molecule has 0 radical (unpaired) electrons. The minimum atomic E-state index is -1.12. The first-order valence-electron chi connectivity index (χ1n) is 6.31. The Kier molecular flexibility index (Phi) is 3.48. The lowest BCUT2D eigenvalue weighted by molar-refractivity contribution is 0.0690. The minimum Gasteiger partial charge on any atom is -0.481 e. The summed E-state index contributed by atoms with van der Waals surface area (Å²) in [7, 11) is 1.52. The molecule has 22 heavy (non-hydrogen) atoms. The van der Waals surface area contributed by atoms with E-state index in [9.17, 15) is 4.79 Å². The standard InChI is InChI=1S/C14H11N5O3/c1-22-13-5-4-9(8-15-13)19-12(7-11(18-19)14(20)21)10-3-2-6-16-17-10/h2-8H,1H3,(H,20,21). The Morgan fingerprint density at radius 3 is 2.77 bits per heavy atom. The third-order valence-electron chi connectivity index (χ3n) is 2.94. The fourth-order valence-corrected chi connectivity index (χ4v) is 1.92. The first-order chi connectivity index (χ1) is 10.7. The summed E-state index contributed by atoms with van der Waals surface area (Å²) in [5.41, 5.74) is 1.53. The zero-order valence-corrected chi connectivity index (χ0v) is 11.5. The van der Waals surface area contributed by atoms with E-state index in [1.54, 1.807) is 24.3 Å². The summed E-state index contributed by atoms with van der Waals surface area (Å²) in [5, 5.41) is 21.0. The Morgan fingerprint density at radius 1 is 1.32 bits per heavy atom. The van der Waals surface area contributed by atoms with Gasteiger partial charge in [0.15, 0.2) is 5.69 Å². The number of hydrogen-bond donors (Lipinski definition) is 1. The molecular formula is C14H11N5O3. The number of carbonyl (C=O) groups is 1. The molecule has 3 aromatic rings. The van der Waals surface area contributed by atoms with Gasteiger partial charge in [-0.15, -0.1) is 5.10 Å². The number of hydrogen-bond acceptors (Lipinski definition) is 6. The third-order valence-corrected chi connectivity index (χ3v) is 2.94. The Labute approximate surface area is 125 Å². The van der Waals surface area contributed by atoms with E-state index in [1.165, 1.54) is 30.3 Å². The van der Waals surface area contributed by atoms with Gasteiger partial charge in [-0.2, -0.15) is 10.2 Å². The van der Waals surface area contributed by atoms with Gasteiger partial charge in [0.1, 0.15) is 5.69 Å². The number of carboxylic acid groups (broad SMARTS) is 1. The van der Waals surface area contributed by atoms with Crippen molar-refractivity contribution in [1.82, 2.24) is 25.0 Å². The van der Waals surface area contributed by atoms with Crippen molar-refractivity contribution >= 4 is 5.97 Å². The van der Waals surface area contributed by atoms with E-state index < -0.39 is 5.97 Å². The van der Waals surface area contributed by atoms with Crippen molar-refractivity contribution in [2.24, 2.45) is 0 Å². The number of ether oxygens (including phenoxy) is 1. The number of methoxy groups -OCH3 is 1. The van der Waals surface area contributed by atoms with Crippen LogP contribution < -0.4 is 4.74 Å². The highest BCUT2D eigenvalue weighted by atomic mass is 16.5. The second-order valence-electron chi connectivity index (χ2n) is 4.30. The highest BCUT2D eigenvalue weighted by Crippen LogP contribution is 2.22. The van der Waals surface area contributed by atoms with Crippen LogP contribution in [0.3, 0.4) is 0 Å². The molecule has 0 aliphatic rings. The van der Waals surface area contributed by atoms with E-state index in [1.807, 2.05) is 0 Å². The predicted molar refractivity (Wildman–Crippen MR) is 75.9 cm³/mol. The molecule has 1 N–H and O–H groups in total. The maximum Gasteiger partial charge on any atom is 0.356 e. The third kappa shape index (κ3) is 2.49. The summed E-state index contributed by atoms with van der Waals surface area (Å²) in [5.74, 6) is -0.666. The summed E-state index contributed by atoms with van der Waals surface area (Å²) in [6, 6.07) is 8.27. The molecule has 0 saturated carbocycles. The van der Waals surface area contributed by atoms with Crippen molar-refractivity contribution in [3.05, 3.63) is 48.4 Å². The highest BCUT2D eigenvalue weighted by molar-refractivity contribution is 5.87. The number of aromatic nitrogens is 5. The molecule has 3 heterocycles. The molecule has 3 aromatic heterocycles. The van der Waals surface area contributed by atoms with Gasteiger partial charge in [0.25, 0.3) is 0 Å². The molecule has 8 heteroatoms. The molecule has 0 aromatic carbocycles. The number of pyridine rings is 1. The van der Waals surface area contributed by atoms with Gasteiger partial charge in [-0.05, 0) is 18.2 Å². The molecule has 0 unspecified atom stereocenters. The van der Waals surface area contributed by atoms with Crippen LogP contribution in [0.5, 0.6) is 5.88 Å². The maximum absolute atomic E-state index is 11.2. The number of carboxylic acids is 1. The maximum atomic E-state index is 11.2. The summed E-state index contributed by atoms with van der Waals surface area (Å²) in [6.07, 6.45) is 3.08. The van der Waals surface area contributed by atoms with Crippen LogP contribution in [0.1, 0.15) is 10.5 Å². The van der Waals surface area contributed by atoms with Gasteiger partial charge in [0.05, 0.1) is 24.7 Å². The van der Waals surface area contributed by atoms with Gasteiger partial charge in [-0.25, -0.2) is 14.5 Å². The van der Waals surface area contributed by atoms with Crippen LogP contribution in [0.2, 0.25) is 0 Å². The normalized spacial score (nSPS) is 10.4. The minimum absolute atomic E-state index is 0.0866. The van der Waals surface area contributed by atoms with Crippen molar-refractivity contribution in [1.29, 1.82) is 0 Å². The summed E-state index contributed by atoms with van der Waals surface area (Å²) < 4.78 is 6.46. The van der Waals surface area contributed by atoms with Crippen LogP contribution in [-0.2, 0) is 0 Å². The quantitative estimate of drug-likeness (QED) is 0.776. The van der Waals surface area contributed by atoms with Crippen LogP contribution in [0, 0.1) is 0 Å². The average molecular weight is 297 g/mol. The van der Waals surface area contributed by atoms with E-state index >= 15 is 0 Å². The lowest BCUT2D eigenvalue weighted by Crippen LogP contribution is -2.03. The summed E-state index contributed by atoms with van der Waals surface area (Å²) in [6.45, 7) is 0. The van der Waals surface area contributed by atoms with Gasteiger partial charge in [-0.3, -0.25) is 0 Å². The molecule has 0 fully saturated rings. The Balaban J connectivity index is 2.14. The molecule has 110 valence electrons. The summed E-state index contributed by atoms with van der Waals surface area (Å²) >= 11 is 0. The van der Waals surface area contributed by atoms with Gasteiger partial charge >= 0.3 is 5.97 Å². The van der Waals surface area contributed by atoms with Crippen molar-refractivity contribution in [3.8, 4) is 23.0 Å². The molecule has 8 nitrogen and oxygen atoms in total. The van der Waals surface area contributed by atoms with Gasteiger partial charge < -0.3 is 9.84 Å². The number of rotatable bonds is 4.